The number of likely N-dealkylation sites (N-methyl/N-ethyl adjacent to an activating group) is 1. The first-order valence-electron chi connectivity index (χ1n) is 4.45. The van der Waals surface area contributed by atoms with Crippen molar-refractivity contribution in [2.75, 3.05) is 7.05 Å². The Hall–Kier alpha value is -0.630. The molecule has 0 aromatic carbocycles. The molecule has 12 heavy (non-hydrogen) atoms. The van der Waals surface area contributed by atoms with Gasteiger partial charge >= 0.3 is 0 Å². The summed E-state index contributed by atoms with van der Waals surface area (Å²) >= 11 is 0. The third kappa shape index (κ3) is 3.67. The molecule has 0 aliphatic carbocycles. The van der Waals surface area contributed by atoms with E-state index in [1.54, 1.807) is 6.92 Å². The van der Waals surface area contributed by atoms with Crippen molar-refractivity contribution in [1.82, 2.24) is 5.32 Å². The Morgan fingerprint density at radius 1 is 1.67 bits per heavy atom. The minimum absolute atomic E-state index is 0.00653. The average molecular weight is 169 g/mol. The monoisotopic (exact) mass is 169 g/mol. The molecule has 0 aromatic heterocycles. The standard InChI is InChI=1S/C10H19NO/c1-5-9(6-2)7-10(11-4)8(3)12/h5,9-11H,1,6-7H2,2-4H3/t9-,10-/m0/s1. The Kier molecular flexibility index (Phi) is 5.64. The number of hydrogen-bond acceptors (Lipinski definition) is 2. The summed E-state index contributed by atoms with van der Waals surface area (Å²) < 4.78 is 0. The SMILES string of the molecule is C=C[C@@H](CC)C[C@H](NC)C(C)=O. The van der Waals surface area contributed by atoms with Crippen molar-refractivity contribution >= 4 is 5.78 Å². The lowest BCUT2D eigenvalue weighted by molar-refractivity contribution is -0.119. The molecule has 2 atom stereocenters. The summed E-state index contributed by atoms with van der Waals surface area (Å²) in [6, 6.07) is -0.00653. The van der Waals surface area contributed by atoms with Gasteiger partial charge in [0.15, 0.2) is 0 Å². The van der Waals surface area contributed by atoms with Crippen LogP contribution in [0.2, 0.25) is 0 Å². The topological polar surface area (TPSA) is 29.1 Å². The number of ketones is 1. The van der Waals surface area contributed by atoms with Gasteiger partial charge in [0.25, 0.3) is 0 Å². The normalized spacial score (nSPS) is 15.2. The highest BCUT2D eigenvalue weighted by Gasteiger charge is 2.14. The van der Waals surface area contributed by atoms with Crippen LogP contribution >= 0.6 is 0 Å². The molecule has 0 aromatic rings. The Morgan fingerprint density at radius 3 is 2.50 bits per heavy atom. The van der Waals surface area contributed by atoms with Gasteiger partial charge in [-0.3, -0.25) is 4.79 Å². The molecule has 0 rings (SSSR count). The fourth-order valence-corrected chi connectivity index (χ4v) is 1.22. The molecule has 1 N–H and O–H groups in total. The predicted octanol–water partition coefficient (Wildman–Crippen LogP) is 1.77. The fraction of sp³-hybridized carbons (Fsp3) is 0.700. The summed E-state index contributed by atoms with van der Waals surface area (Å²) in [6.07, 6.45) is 3.84. The highest BCUT2D eigenvalue weighted by Crippen LogP contribution is 2.12. The average Bonchev–Trinajstić information content (AvgIpc) is 2.06. The van der Waals surface area contributed by atoms with E-state index in [1.165, 1.54) is 0 Å². The number of Topliss-reactive ketones (excluding diaryl/α,β-unsaturated/α-hetero) is 1. The predicted molar refractivity (Wildman–Crippen MR) is 52.1 cm³/mol. The Balaban J connectivity index is 3.99. The summed E-state index contributed by atoms with van der Waals surface area (Å²) in [6.45, 7) is 7.47. The van der Waals surface area contributed by atoms with Crippen molar-refractivity contribution in [3.05, 3.63) is 12.7 Å². The minimum Gasteiger partial charge on any atom is -0.311 e. The number of hydrogen-bond donors (Lipinski definition) is 1. The van der Waals surface area contributed by atoms with E-state index >= 15 is 0 Å². The molecule has 0 spiro atoms. The van der Waals surface area contributed by atoms with Crippen LogP contribution in [0, 0.1) is 5.92 Å². The molecule has 0 amide bonds. The maximum Gasteiger partial charge on any atom is 0.146 e. The zero-order valence-corrected chi connectivity index (χ0v) is 8.26. The quantitative estimate of drug-likeness (QED) is 0.614. The number of carbonyl (C=O) groups is 1. The summed E-state index contributed by atoms with van der Waals surface area (Å²) in [7, 11) is 1.82. The van der Waals surface area contributed by atoms with E-state index in [0.717, 1.165) is 12.8 Å². The smallest absolute Gasteiger partial charge is 0.146 e. The molecule has 0 saturated heterocycles. The van der Waals surface area contributed by atoms with Crippen LogP contribution in [0.1, 0.15) is 26.7 Å². The van der Waals surface area contributed by atoms with Crippen LogP contribution in [-0.4, -0.2) is 18.9 Å². The number of nitrogens with one attached hydrogen (secondary N) is 1. The van der Waals surface area contributed by atoms with Crippen LogP contribution in [0.25, 0.3) is 0 Å². The van der Waals surface area contributed by atoms with Gasteiger partial charge in [0.2, 0.25) is 0 Å². The molecule has 0 heterocycles. The largest absolute Gasteiger partial charge is 0.311 e. The van der Waals surface area contributed by atoms with E-state index in [1.807, 2.05) is 13.1 Å². The van der Waals surface area contributed by atoms with Crippen LogP contribution < -0.4 is 5.32 Å². The van der Waals surface area contributed by atoms with Crippen LogP contribution in [0.5, 0.6) is 0 Å². The highest BCUT2D eigenvalue weighted by molar-refractivity contribution is 5.81. The van der Waals surface area contributed by atoms with Crippen molar-refractivity contribution in [1.29, 1.82) is 0 Å². The van der Waals surface area contributed by atoms with Gasteiger partial charge < -0.3 is 5.32 Å². The molecule has 0 unspecified atom stereocenters. The zero-order valence-electron chi connectivity index (χ0n) is 8.26. The van der Waals surface area contributed by atoms with E-state index in [0.29, 0.717) is 5.92 Å². The van der Waals surface area contributed by atoms with Gasteiger partial charge in [-0.1, -0.05) is 13.0 Å². The molecule has 2 nitrogen and oxygen atoms in total. The minimum atomic E-state index is -0.00653. The summed E-state index contributed by atoms with van der Waals surface area (Å²) in [5.41, 5.74) is 0. The van der Waals surface area contributed by atoms with Gasteiger partial charge in [-0.15, -0.1) is 6.58 Å². The maximum atomic E-state index is 11.0. The van der Waals surface area contributed by atoms with E-state index < -0.39 is 0 Å². The number of rotatable bonds is 6. The van der Waals surface area contributed by atoms with E-state index in [4.69, 9.17) is 0 Å². The lowest BCUT2D eigenvalue weighted by Crippen LogP contribution is -2.33. The second-order valence-corrected chi connectivity index (χ2v) is 3.09. The Bertz CT molecular complexity index is 154. The van der Waals surface area contributed by atoms with Gasteiger partial charge in [0, 0.05) is 0 Å². The molecule has 2 heteroatoms. The molecule has 70 valence electrons. The van der Waals surface area contributed by atoms with Crippen molar-refractivity contribution in [3.8, 4) is 0 Å². The van der Waals surface area contributed by atoms with E-state index in [-0.39, 0.29) is 11.8 Å². The second-order valence-electron chi connectivity index (χ2n) is 3.09. The summed E-state index contributed by atoms with van der Waals surface area (Å²) in [5, 5.41) is 3.00. The number of allylic oxidation sites excluding steroid dienone is 1. The first-order chi connectivity index (χ1) is 5.65. The van der Waals surface area contributed by atoms with E-state index in [2.05, 4.69) is 18.8 Å². The first kappa shape index (κ1) is 11.4. The zero-order chi connectivity index (χ0) is 9.56. The van der Waals surface area contributed by atoms with Gasteiger partial charge in [-0.25, -0.2) is 0 Å². The molecule has 0 aliphatic heterocycles. The van der Waals surface area contributed by atoms with Crippen molar-refractivity contribution in [3.63, 3.8) is 0 Å². The molecule has 0 fully saturated rings. The lowest BCUT2D eigenvalue weighted by Gasteiger charge is -2.17. The summed E-state index contributed by atoms with van der Waals surface area (Å²) in [5.74, 6) is 0.657. The molecule has 0 bridgehead atoms. The Morgan fingerprint density at radius 2 is 2.25 bits per heavy atom. The maximum absolute atomic E-state index is 11.0. The van der Waals surface area contributed by atoms with Crippen LogP contribution in [-0.2, 0) is 4.79 Å². The Labute approximate surface area is 75.0 Å². The van der Waals surface area contributed by atoms with Gasteiger partial charge in [-0.2, -0.15) is 0 Å². The molecule has 0 aliphatic rings. The molecular formula is C10H19NO. The number of carbonyl (C=O) groups excluding carboxylic acids is 1. The summed E-state index contributed by atoms with van der Waals surface area (Å²) in [4.78, 5) is 11.0. The van der Waals surface area contributed by atoms with Crippen molar-refractivity contribution in [2.45, 2.75) is 32.7 Å². The van der Waals surface area contributed by atoms with Gasteiger partial charge in [0.05, 0.1) is 6.04 Å². The van der Waals surface area contributed by atoms with Crippen molar-refractivity contribution in [2.24, 2.45) is 5.92 Å². The lowest BCUT2D eigenvalue weighted by atomic mass is 9.96. The fourth-order valence-electron chi connectivity index (χ4n) is 1.22. The first-order valence-corrected chi connectivity index (χ1v) is 4.45. The van der Waals surface area contributed by atoms with Crippen LogP contribution in [0.15, 0.2) is 12.7 Å². The third-order valence-corrected chi connectivity index (χ3v) is 2.24. The molecule has 0 radical (unpaired) electrons. The second kappa shape index (κ2) is 5.95. The third-order valence-electron chi connectivity index (χ3n) is 2.24. The van der Waals surface area contributed by atoms with E-state index in [9.17, 15) is 4.79 Å². The van der Waals surface area contributed by atoms with Crippen molar-refractivity contribution < 1.29 is 4.79 Å². The van der Waals surface area contributed by atoms with Crippen LogP contribution in [0.3, 0.4) is 0 Å². The highest BCUT2D eigenvalue weighted by atomic mass is 16.1. The molecular weight excluding hydrogens is 150 g/mol. The van der Waals surface area contributed by atoms with Gasteiger partial charge in [0.1, 0.15) is 5.78 Å². The molecule has 0 saturated carbocycles. The van der Waals surface area contributed by atoms with Gasteiger partial charge in [-0.05, 0) is 32.7 Å². The van der Waals surface area contributed by atoms with Crippen LogP contribution in [0.4, 0.5) is 0 Å².